The summed E-state index contributed by atoms with van der Waals surface area (Å²) in [6.45, 7) is 13.2. The van der Waals surface area contributed by atoms with Crippen LogP contribution in [0, 0.1) is 5.41 Å². The van der Waals surface area contributed by atoms with Crippen LogP contribution in [0.25, 0.3) is 0 Å². The van der Waals surface area contributed by atoms with Crippen LogP contribution >= 0.6 is 0 Å². The zero-order valence-electron chi connectivity index (χ0n) is 15.3. The highest BCUT2D eigenvalue weighted by Gasteiger charge is 2.35. The average Bonchev–Trinajstić information content (AvgIpc) is 2.43. The quantitative estimate of drug-likeness (QED) is 0.797. The summed E-state index contributed by atoms with van der Waals surface area (Å²) in [4.78, 5) is 27.0. The van der Waals surface area contributed by atoms with Crippen LogP contribution in [0.5, 0.6) is 0 Å². The van der Waals surface area contributed by atoms with E-state index in [1.165, 1.54) is 0 Å². The average molecular weight is 319 g/mol. The Hall–Kier alpha value is -1.84. The minimum absolute atomic E-state index is 0.00339. The topological polar surface area (TPSA) is 46.6 Å². The van der Waals surface area contributed by atoms with Crippen LogP contribution in [0.4, 0.5) is 4.79 Å². The van der Waals surface area contributed by atoms with Crippen LogP contribution in [0.15, 0.2) is 30.3 Å². The number of ketones is 1. The van der Waals surface area contributed by atoms with E-state index in [4.69, 9.17) is 4.74 Å². The predicted molar refractivity (Wildman–Crippen MR) is 92.2 cm³/mol. The van der Waals surface area contributed by atoms with Crippen molar-refractivity contribution < 1.29 is 14.3 Å². The number of amides is 1. The van der Waals surface area contributed by atoms with Crippen LogP contribution in [0.2, 0.25) is 0 Å². The standard InChI is InChI=1S/C19H29NO3/c1-13(2)20(14(3)4)18(22)23-16(17(21)19(5,6)7)15-11-9-8-10-12-15/h8-14,16H,1-7H3/t16-/m1/s1. The molecule has 0 bridgehead atoms. The normalized spacial score (nSPS) is 13.1. The lowest BCUT2D eigenvalue weighted by Crippen LogP contribution is -2.44. The molecular formula is C19H29NO3. The van der Waals surface area contributed by atoms with Crippen molar-refractivity contribution in [2.75, 3.05) is 0 Å². The van der Waals surface area contributed by atoms with Crippen LogP contribution in [-0.4, -0.2) is 28.9 Å². The van der Waals surface area contributed by atoms with Gasteiger partial charge in [0.1, 0.15) is 0 Å². The molecule has 1 rings (SSSR count). The lowest BCUT2D eigenvalue weighted by Gasteiger charge is -2.32. The number of Topliss-reactive ketones (excluding diaryl/α,β-unsaturated/α-hetero) is 1. The maximum absolute atomic E-state index is 12.8. The molecule has 0 aliphatic heterocycles. The molecule has 1 aromatic rings. The molecule has 0 heterocycles. The van der Waals surface area contributed by atoms with Crippen molar-refractivity contribution in [3.8, 4) is 0 Å². The van der Waals surface area contributed by atoms with Gasteiger partial charge in [-0.3, -0.25) is 4.79 Å². The molecule has 0 saturated heterocycles. The molecule has 0 radical (unpaired) electrons. The SMILES string of the molecule is CC(C)N(C(=O)O[C@@H](C(=O)C(C)(C)C)c1ccccc1)C(C)C. The fraction of sp³-hybridized carbons (Fsp3) is 0.579. The van der Waals surface area contributed by atoms with Gasteiger partial charge in [-0.15, -0.1) is 0 Å². The Kier molecular flexibility index (Phi) is 6.37. The van der Waals surface area contributed by atoms with Gasteiger partial charge in [-0.1, -0.05) is 51.1 Å². The molecule has 0 N–H and O–H groups in total. The molecule has 0 aromatic heterocycles. The summed E-state index contributed by atoms with van der Waals surface area (Å²) in [5, 5.41) is 0. The second-order valence-electron chi connectivity index (χ2n) is 7.38. The molecule has 0 fully saturated rings. The van der Waals surface area contributed by atoms with Gasteiger partial charge in [0.2, 0.25) is 0 Å². The highest BCUT2D eigenvalue weighted by molar-refractivity contribution is 5.90. The van der Waals surface area contributed by atoms with Crippen molar-refractivity contribution in [2.45, 2.75) is 66.7 Å². The third-order valence-corrected chi connectivity index (χ3v) is 3.62. The number of carbonyl (C=O) groups is 2. The number of ether oxygens (including phenoxy) is 1. The Morgan fingerprint density at radius 2 is 1.43 bits per heavy atom. The van der Waals surface area contributed by atoms with Crippen molar-refractivity contribution in [3.63, 3.8) is 0 Å². The number of nitrogens with zero attached hydrogens (tertiary/aromatic N) is 1. The van der Waals surface area contributed by atoms with E-state index in [0.717, 1.165) is 0 Å². The summed E-state index contributed by atoms with van der Waals surface area (Å²) in [5.41, 5.74) is 0.106. The summed E-state index contributed by atoms with van der Waals surface area (Å²) in [5.74, 6) is -0.107. The van der Waals surface area contributed by atoms with Crippen LogP contribution < -0.4 is 0 Å². The first-order valence-electron chi connectivity index (χ1n) is 8.14. The van der Waals surface area contributed by atoms with Gasteiger partial charge in [0, 0.05) is 23.1 Å². The second-order valence-corrected chi connectivity index (χ2v) is 7.38. The number of rotatable bonds is 5. The number of benzene rings is 1. The second kappa shape index (κ2) is 7.62. The van der Waals surface area contributed by atoms with Crippen molar-refractivity contribution in [1.82, 2.24) is 4.90 Å². The van der Waals surface area contributed by atoms with E-state index in [9.17, 15) is 9.59 Å². The molecule has 1 amide bonds. The maximum Gasteiger partial charge on any atom is 0.411 e. The summed E-state index contributed by atoms with van der Waals surface area (Å²) in [6, 6.07) is 9.20. The highest BCUT2D eigenvalue weighted by Crippen LogP contribution is 2.29. The summed E-state index contributed by atoms with van der Waals surface area (Å²) < 4.78 is 5.65. The molecule has 23 heavy (non-hydrogen) atoms. The van der Waals surface area contributed by atoms with E-state index in [0.29, 0.717) is 5.56 Å². The van der Waals surface area contributed by atoms with Crippen LogP contribution in [0.1, 0.15) is 60.1 Å². The zero-order valence-corrected chi connectivity index (χ0v) is 15.3. The van der Waals surface area contributed by atoms with E-state index in [1.54, 1.807) is 4.90 Å². The Balaban J connectivity index is 3.12. The third-order valence-electron chi connectivity index (χ3n) is 3.62. The lowest BCUT2D eigenvalue weighted by molar-refractivity contribution is -0.136. The van der Waals surface area contributed by atoms with Gasteiger partial charge >= 0.3 is 6.09 Å². The minimum atomic E-state index is -0.885. The smallest absolute Gasteiger partial charge is 0.411 e. The summed E-state index contributed by atoms with van der Waals surface area (Å²) in [7, 11) is 0. The van der Waals surface area contributed by atoms with Gasteiger partial charge in [-0.25, -0.2) is 4.79 Å². The van der Waals surface area contributed by atoms with E-state index in [2.05, 4.69) is 0 Å². The third kappa shape index (κ3) is 5.08. The largest absolute Gasteiger partial charge is 0.433 e. The predicted octanol–water partition coefficient (Wildman–Crippen LogP) is 4.60. The van der Waals surface area contributed by atoms with Crippen LogP contribution in [0.3, 0.4) is 0 Å². The first-order valence-corrected chi connectivity index (χ1v) is 8.14. The molecule has 1 aromatic carbocycles. The summed E-state index contributed by atoms with van der Waals surface area (Å²) >= 11 is 0. The molecule has 128 valence electrons. The number of hydrogen-bond acceptors (Lipinski definition) is 3. The van der Waals surface area contributed by atoms with Gasteiger partial charge in [-0.2, -0.15) is 0 Å². The zero-order chi connectivity index (χ0) is 17.8. The van der Waals surface area contributed by atoms with E-state index >= 15 is 0 Å². The molecule has 0 aliphatic carbocycles. The maximum atomic E-state index is 12.8. The molecule has 4 nitrogen and oxygen atoms in total. The van der Waals surface area contributed by atoms with E-state index in [1.807, 2.05) is 78.8 Å². The molecule has 0 saturated carbocycles. The number of carbonyl (C=O) groups excluding carboxylic acids is 2. The van der Waals surface area contributed by atoms with E-state index < -0.39 is 17.6 Å². The Morgan fingerprint density at radius 1 is 0.957 bits per heavy atom. The molecule has 4 heteroatoms. The van der Waals surface area contributed by atoms with Crippen molar-refractivity contribution in [1.29, 1.82) is 0 Å². The minimum Gasteiger partial charge on any atom is -0.433 e. The summed E-state index contributed by atoms with van der Waals surface area (Å²) in [6.07, 6.45) is -1.34. The Labute approximate surface area is 139 Å². The van der Waals surface area contributed by atoms with Gasteiger partial charge < -0.3 is 9.64 Å². The monoisotopic (exact) mass is 319 g/mol. The Morgan fingerprint density at radius 3 is 1.83 bits per heavy atom. The molecule has 1 atom stereocenters. The molecule has 0 aliphatic rings. The van der Waals surface area contributed by atoms with E-state index in [-0.39, 0.29) is 17.9 Å². The van der Waals surface area contributed by atoms with Gasteiger partial charge in [0.15, 0.2) is 11.9 Å². The molecular weight excluding hydrogens is 290 g/mol. The molecule has 0 unspecified atom stereocenters. The van der Waals surface area contributed by atoms with Crippen molar-refractivity contribution in [2.24, 2.45) is 5.41 Å². The van der Waals surface area contributed by atoms with Gasteiger partial charge in [0.05, 0.1) is 0 Å². The lowest BCUT2D eigenvalue weighted by atomic mass is 9.85. The first-order chi connectivity index (χ1) is 10.6. The van der Waals surface area contributed by atoms with Gasteiger partial charge in [-0.05, 0) is 27.7 Å². The van der Waals surface area contributed by atoms with Crippen LogP contribution in [-0.2, 0) is 9.53 Å². The fourth-order valence-corrected chi connectivity index (χ4v) is 2.47. The fourth-order valence-electron chi connectivity index (χ4n) is 2.47. The van der Waals surface area contributed by atoms with Gasteiger partial charge in [0.25, 0.3) is 0 Å². The first kappa shape index (κ1) is 19.2. The highest BCUT2D eigenvalue weighted by atomic mass is 16.6. The Bertz CT molecular complexity index is 521. The number of hydrogen-bond donors (Lipinski definition) is 0. The van der Waals surface area contributed by atoms with Crippen molar-refractivity contribution in [3.05, 3.63) is 35.9 Å². The van der Waals surface area contributed by atoms with Crippen molar-refractivity contribution >= 4 is 11.9 Å². The molecule has 0 spiro atoms.